The predicted molar refractivity (Wildman–Crippen MR) is 128 cm³/mol. The SMILES string of the molecule is COc1ccc(C2/C(=C(\O)c3cc(C)cc(C)c3OC)C(=O)C(=O)N2Cc2ccccn2)cc1. The highest BCUT2D eigenvalue weighted by Gasteiger charge is 2.46. The van der Waals surface area contributed by atoms with Gasteiger partial charge in [0, 0.05) is 6.20 Å². The first kappa shape index (κ1) is 23.0. The van der Waals surface area contributed by atoms with Crippen molar-refractivity contribution in [2.45, 2.75) is 26.4 Å². The minimum absolute atomic E-state index is 0.00870. The fourth-order valence-electron chi connectivity index (χ4n) is 4.39. The number of benzene rings is 2. The summed E-state index contributed by atoms with van der Waals surface area (Å²) >= 11 is 0. The van der Waals surface area contributed by atoms with Crippen molar-refractivity contribution in [2.75, 3.05) is 14.2 Å². The number of aryl methyl sites for hydroxylation is 2. The first-order valence-corrected chi connectivity index (χ1v) is 10.8. The molecule has 1 N–H and O–H groups in total. The number of carbonyl (C=O) groups is 2. The Labute approximate surface area is 198 Å². The molecule has 2 heterocycles. The Bertz CT molecular complexity index is 1270. The second kappa shape index (κ2) is 9.39. The maximum absolute atomic E-state index is 13.3. The van der Waals surface area contributed by atoms with Crippen LogP contribution < -0.4 is 9.47 Å². The van der Waals surface area contributed by atoms with Crippen LogP contribution in [0.3, 0.4) is 0 Å². The van der Waals surface area contributed by atoms with Gasteiger partial charge >= 0.3 is 0 Å². The number of hydrogen-bond donors (Lipinski definition) is 1. The van der Waals surface area contributed by atoms with Gasteiger partial charge in [0.2, 0.25) is 0 Å². The number of nitrogens with zero attached hydrogens (tertiary/aromatic N) is 2. The highest BCUT2D eigenvalue weighted by Crippen LogP contribution is 2.42. The van der Waals surface area contributed by atoms with Crippen molar-refractivity contribution in [3.63, 3.8) is 0 Å². The Morgan fingerprint density at radius 3 is 2.38 bits per heavy atom. The third-order valence-electron chi connectivity index (χ3n) is 5.91. The van der Waals surface area contributed by atoms with Gasteiger partial charge in [0.25, 0.3) is 11.7 Å². The molecule has 1 unspecified atom stereocenters. The number of aromatic nitrogens is 1. The van der Waals surface area contributed by atoms with Crippen LogP contribution in [0.5, 0.6) is 11.5 Å². The average molecular weight is 459 g/mol. The molecule has 7 heteroatoms. The largest absolute Gasteiger partial charge is 0.507 e. The maximum Gasteiger partial charge on any atom is 0.296 e. The molecule has 4 rings (SSSR count). The van der Waals surface area contributed by atoms with Crippen molar-refractivity contribution in [2.24, 2.45) is 0 Å². The lowest BCUT2D eigenvalue weighted by Gasteiger charge is -2.25. The van der Waals surface area contributed by atoms with E-state index in [1.807, 2.05) is 26.0 Å². The Hall–Kier alpha value is -4.13. The summed E-state index contributed by atoms with van der Waals surface area (Å²) in [5, 5.41) is 11.4. The molecule has 1 fully saturated rings. The molecule has 0 aliphatic carbocycles. The number of hydrogen-bond acceptors (Lipinski definition) is 6. The van der Waals surface area contributed by atoms with E-state index < -0.39 is 17.7 Å². The maximum atomic E-state index is 13.3. The van der Waals surface area contributed by atoms with Gasteiger partial charge in [-0.2, -0.15) is 0 Å². The molecular weight excluding hydrogens is 432 g/mol. The van der Waals surface area contributed by atoms with E-state index in [-0.39, 0.29) is 17.9 Å². The summed E-state index contributed by atoms with van der Waals surface area (Å²) < 4.78 is 10.8. The molecule has 0 bridgehead atoms. The van der Waals surface area contributed by atoms with Crippen molar-refractivity contribution in [3.05, 3.63) is 94.3 Å². The fourth-order valence-corrected chi connectivity index (χ4v) is 4.39. The molecule has 0 radical (unpaired) electrons. The minimum atomic E-state index is -0.807. The summed E-state index contributed by atoms with van der Waals surface area (Å²) in [7, 11) is 3.07. The van der Waals surface area contributed by atoms with Gasteiger partial charge < -0.3 is 19.5 Å². The van der Waals surface area contributed by atoms with Gasteiger partial charge in [-0.25, -0.2) is 0 Å². The molecule has 3 aromatic rings. The van der Waals surface area contributed by atoms with Gasteiger partial charge in [-0.3, -0.25) is 14.6 Å². The number of ketones is 1. The molecular formula is C27H26N2O5. The van der Waals surface area contributed by atoms with Crippen LogP contribution in [0.25, 0.3) is 5.76 Å². The number of rotatable bonds is 6. The first-order chi connectivity index (χ1) is 16.3. The Balaban J connectivity index is 1.92. The average Bonchev–Trinajstić information content (AvgIpc) is 3.08. The Morgan fingerprint density at radius 2 is 1.76 bits per heavy atom. The Kier molecular flexibility index (Phi) is 6.36. The molecule has 1 aromatic heterocycles. The van der Waals surface area contributed by atoms with E-state index in [9.17, 15) is 14.7 Å². The summed E-state index contributed by atoms with van der Waals surface area (Å²) in [6.45, 7) is 3.87. The standard InChI is InChI=1S/C27H26N2O5/c1-16-13-17(2)26(34-4)21(14-16)24(30)22-23(18-8-10-20(33-3)11-9-18)29(27(32)25(22)31)15-19-7-5-6-12-28-19/h5-14,23,30H,15H2,1-4H3/b24-22+. The predicted octanol–water partition coefficient (Wildman–Crippen LogP) is 4.34. The van der Waals surface area contributed by atoms with Crippen molar-refractivity contribution < 1.29 is 24.2 Å². The van der Waals surface area contributed by atoms with Crippen molar-refractivity contribution in [1.82, 2.24) is 9.88 Å². The van der Waals surface area contributed by atoms with Crippen LogP contribution in [0.4, 0.5) is 0 Å². The molecule has 0 spiro atoms. The summed E-state index contributed by atoms with van der Waals surface area (Å²) in [4.78, 5) is 32.3. The topological polar surface area (TPSA) is 89.0 Å². The van der Waals surface area contributed by atoms with Crippen LogP contribution in [0, 0.1) is 13.8 Å². The number of carbonyl (C=O) groups excluding carboxylic acids is 2. The van der Waals surface area contributed by atoms with Crippen molar-refractivity contribution in [3.8, 4) is 11.5 Å². The highest BCUT2D eigenvalue weighted by molar-refractivity contribution is 6.46. The number of ether oxygens (including phenoxy) is 2. The van der Waals surface area contributed by atoms with Crippen LogP contribution in [0.2, 0.25) is 0 Å². The number of methoxy groups -OCH3 is 2. The molecule has 174 valence electrons. The fraction of sp³-hybridized carbons (Fsp3) is 0.222. The monoisotopic (exact) mass is 458 g/mol. The summed E-state index contributed by atoms with van der Waals surface area (Å²) in [5.41, 5.74) is 3.38. The van der Waals surface area contributed by atoms with Gasteiger partial charge in [0.15, 0.2) is 0 Å². The second-order valence-electron chi connectivity index (χ2n) is 8.18. The number of amides is 1. The summed E-state index contributed by atoms with van der Waals surface area (Å²) in [6, 6.07) is 15.3. The quantitative estimate of drug-likeness (QED) is 0.336. The zero-order chi connectivity index (χ0) is 24.4. The molecule has 34 heavy (non-hydrogen) atoms. The van der Waals surface area contributed by atoms with E-state index in [1.54, 1.807) is 55.8 Å². The van der Waals surface area contributed by atoms with E-state index in [2.05, 4.69) is 4.98 Å². The van der Waals surface area contributed by atoms with Crippen LogP contribution >= 0.6 is 0 Å². The third-order valence-corrected chi connectivity index (χ3v) is 5.91. The lowest BCUT2D eigenvalue weighted by Crippen LogP contribution is -2.29. The summed E-state index contributed by atoms with van der Waals surface area (Å²) in [5.74, 6) is -0.632. The van der Waals surface area contributed by atoms with E-state index in [0.29, 0.717) is 28.3 Å². The van der Waals surface area contributed by atoms with Crippen LogP contribution in [-0.4, -0.2) is 40.9 Å². The van der Waals surface area contributed by atoms with Crippen LogP contribution in [0.15, 0.2) is 66.4 Å². The third kappa shape index (κ3) is 4.12. The molecule has 1 atom stereocenters. The van der Waals surface area contributed by atoms with E-state index in [4.69, 9.17) is 9.47 Å². The smallest absolute Gasteiger partial charge is 0.296 e. The number of Topliss-reactive ketones (excluding diaryl/α,β-unsaturated/α-hetero) is 1. The van der Waals surface area contributed by atoms with Gasteiger partial charge in [0.1, 0.15) is 17.3 Å². The van der Waals surface area contributed by atoms with E-state index >= 15 is 0 Å². The number of likely N-dealkylation sites (tertiary alicyclic amines) is 1. The first-order valence-electron chi connectivity index (χ1n) is 10.8. The lowest BCUT2D eigenvalue weighted by atomic mass is 9.93. The number of aliphatic hydroxyl groups is 1. The lowest BCUT2D eigenvalue weighted by molar-refractivity contribution is -0.140. The van der Waals surface area contributed by atoms with Gasteiger partial charge in [-0.15, -0.1) is 0 Å². The second-order valence-corrected chi connectivity index (χ2v) is 8.18. The molecule has 1 saturated heterocycles. The van der Waals surface area contributed by atoms with Crippen LogP contribution in [0.1, 0.15) is 34.0 Å². The van der Waals surface area contributed by atoms with E-state index in [1.165, 1.54) is 12.0 Å². The zero-order valence-electron chi connectivity index (χ0n) is 19.5. The van der Waals surface area contributed by atoms with Crippen molar-refractivity contribution in [1.29, 1.82) is 0 Å². The highest BCUT2D eigenvalue weighted by atomic mass is 16.5. The van der Waals surface area contributed by atoms with Gasteiger partial charge in [0.05, 0.1) is 43.6 Å². The molecule has 2 aromatic carbocycles. The molecule has 1 amide bonds. The molecule has 1 aliphatic heterocycles. The Morgan fingerprint density at radius 1 is 1.03 bits per heavy atom. The molecule has 1 aliphatic rings. The normalized spacial score (nSPS) is 17.2. The van der Waals surface area contributed by atoms with Crippen LogP contribution in [-0.2, 0) is 16.1 Å². The van der Waals surface area contributed by atoms with E-state index in [0.717, 1.165) is 11.1 Å². The zero-order valence-corrected chi connectivity index (χ0v) is 19.5. The number of pyridine rings is 1. The number of aliphatic hydroxyl groups excluding tert-OH is 1. The molecule has 0 saturated carbocycles. The van der Waals surface area contributed by atoms with Crippen molar-refractivity contribution >= 4 is 17.4 Å². The molecule has 7 nitrogen and oxygen atoms in total. The summed E-state index contributed by atoms with van der Waals surface area (Å²) in [6.07, 6.45) is 1.63. The van der Waals surface area contributed by atoms with Gasteiger partial charge in [-0.1, -0.05) is 24.3 Å². The van der Waals surface area contributed by atoms with Gasteiger partial charge in [-0.05, 0) is 60.9 Å². The minimum Gasteiger partial charge on any atom is -0.507 e.